The summed E-state index contributed by atoms with van der Waals surface area (Å²) in [5.41, 5.74) is 0.920. The number of likely N-dealkylation sites (tertiary alicyclic amines) is 1. The molecule has 0 bridgehead atoms. The summed E-state index contributed by atoms with van der Waals surface area (Å²) < 4.78 is 1.00. The van der Waals surface area contributed by atoms with E-state index >= 15 is 0 Å². The number of nitrogens with zero attached hydrogens (tertiary/aromatic N) is 3. The van der Waals surface area contributed by atoms with Crippen LogP contribution in [-0.4, -0.2) is 39.4 Å². The van der Waals surface area contributed by atoms with Crippen molar-refractivity contribution in [1.82, 2.24) is 14.9 Å². The largest absolute Gasteiger partial charge is 0.357 e. The topological polar surface area (TPSA) is 58.1 Å². The van der Waals surface area contributed by atoms with E-state index in [-0.39, 0.29) is 11.9 Å². The van der Waals surface area contributed by atoms with Crippen LogP contribution in [0.25, 0.3) is 10.2 Å². The monoisotopic (exact) mass is 304 g/mol. The number of nitrogens with one attached hydrogen (secondary N) is 1. The Morgan fingerprint density at radius 2 is 2.33 bits per heavy atom. The maximum absolute atomic E-state index is 12.6. The van der Waals surface area contributed by atoms with E-state index in [1.165, 1.54) is 12.7 Å². The van der Waals surface area contributed by atoms with Gasteiger partial charge in [0, 0.05) is 12.6 Å². The van der Waals surface area contributed by atoms with Crippen molar-refractivity contribution in [3.05, 3.63) is 17.8 Å². The molecule has 3 rings (SSSR count). The minimum Gasteiger partial charge on any atom is -0.357 e. The zero-order chi connectivity index (χ0) is 14.8. The molecule has 112 valence electrons. The third kappa shape index (κ3) is 2.85. The minimum atomic E-state index is -0.272. The number of anilines is 1. The summed E-state index contributed by atoms with van der Waals surface area (Å²) in [4.78, 5) is 23.1. The van der Waals surface area contributed by atoms with Gasteiger partial charge in [0.1, 0.15) is 18.2 Å². The van der Waals surface area contributed by atoms with E-state index in [0.29, 0.717) is 6.04 Å². The van der Waals surface area contributed by atoms with E-state index in [1.807, 2.05) is 23.3 Å². The maximum Gasteiger partial charge on any atom is 0.245 e. The lowest BCUT2D eigenvalue weighted by molar-refractivity contribution is -0.134. The summed E-state index contributed by atoms with van der Waals surface area (Å²) in [6.07, 6.45) is 4.96. The molecule has 1 amide bonds. The second kappa shape index (κ2) is 5.97. The quantitative estimate of drug-likeness (QED) is 0.947. The first kappa shape index (κ1) is 14.3. The van der Waals surface area contributed by atoms with Crippen molar-refractivity contribution < 1.29 is 4.79 Å². The third-order valence-corrected chi connectivity index (χ3v) is 4.96. The number of carbonyl (C=O) groups is 1. The van der Waals surface area contributed by atoms with Crippen LogP contribution in [0.3, 0.4) is 0 Å². The lowest BCUT2D eigenvalue weighted by Crippen LogP contribution is -2.48. The second-order valence-corrected chi connectivity index (χ2v) is 6.52. The van der Waals surface area contributed by atoms with Crippen molar-refractivity contribution in [2.75, 3.05) is 11.9 Å². The van der Waals surface area contributed by atoms with Gasteiger partial charge in [0.25, 0.3) is 0 Å². The molecule has 2 atom stereocenters. The van der Waals surface area contributed by atoms with Crippen LogP contribution in [0.2, 0.25) is 0 Å². The van der Waals surface area contributed by atoms with E-state index < -0.39 is 0 Å². The fourth-order valence-electron chi connectivity index (χ4n) is 2.83. The number of amides is 1. The minimum absolute atomic E-state index is 0.158. The van der Waals surface area contributed by atoms with Crippen LogP contribution < -0.4 is 5.32 Å². The molecule has 0 unspecified atom stereocenters. The summed E-state index contributed by atoms with van der Waals surface area (Å²) in [7, 11) is 0. The Bertz CT molecular complexity index is 641. The molecule has 0 radical (unpaired) electrons. The molecule has 1 aliphatic rings. The zero-order valence-corrected chi connectivity index (χ0v) is 13.2. The zero-order valence-electron chi connectivity index (χ0n) is 12.4. The Hall–Kier alpha value is -1.69. The second-order valence-electron chi connectivity index (χ2n) is 5.60. The van der Waals surface area contributed by atoms with Crippen LogP contribution in [0.15, 0.2) is 17.8 Å². The molecule has 1 aliphatic heterocycles. The lowest BCUT2D eigenvalue weighted by Gasteiger charge is -2.35. The highest BCUT2D eigenvalue weighted by Gasteiger charge is 2.27. The van der Waals surface area contributed by atoms with Crippen molar-refractivity contribution in [3.63, 3.8) is 0 Å². The molecule has 1 fully saturated rings. The van der Waals surface area contributed by atoms with E-state index in [4.69, 9.17) is 0 Å². The predicted octanol–water partition coefficient (Wildman–Crippen LogP) is 2.89. The molecule has 21 heavy (non-hydrogen) atoms. The Labute approximate surface area is 128 Å². The van der Waals surface area contributed by atoms with Crippen molar-refractivity contribution in [1.29, 1.82) is 0 Å². The highest BCUT2D eigenvalue weighted by Crippen LogP contribution is 2.26. The van der Waals surface area contributed by atoms with Gasteiger partial charge in [-0.05, 0) is 44.6 Å². The summed E-state index contributed by atoms with van der Waals surface area (Å²) in [5.74, 6) is 0.908. The average molecular weight is 304 g/mol. The van der Waals surface area contributed by atoms with E-state index in [0.717, 1.165) is 35.4 Å². The van der Waals surface area contributed by atoms with Crippen LogP contribution in [-0.2, 0) is 4.79 Å². The summed E-state index contributed by atoms with van der Waals surface area (Å²) in [6.45, 7) is 4.90. The maximum atomic E-state index is 12.6. The molecule has 2 aromatic heterocycles. The van der Waals surface area contributed by atoms with Crippen molar-refractivity contribution in [2.45, 2.75) is 45.2 Å². The van der Waals surface area contributed by atoms with Gasteiger partial charge in [-0.25, -0.2) is 9.97 Å². The first-order chi connectivity index (χ1) is 10.2. The fraction of sp³-hybridized carbons (Fsp3) is 0.533. The van der Waals surface area contributed by atoms with Gasteiger partial charge in [0.05, 0.1) is 10.2 Å². The van der Waals surface area contributed by atoms with Gasteiger partial charge < -0.3 is 10.2 Å². The molecule has 6 heteroatoms. The van der Waals surface area contributed by atoms with Crippen LogP contribution in [0.5, 0.6) is 0 Å². The van der Waals surface area contributed by atoms with E-state index in [9.17, 15) is 4.79 Å². The van der Waals surface area contributed by atoms with Gasteiger partial charge in [0.15, 0.2) is 0 Å². The molecular weight excluding hydrogens is 284 g/mol. The van der Waals surface area contributed by atoms with Crippen LogP contribution in [0, 0.1) is 0 Å². The number of carbonyl (C=O) groups excluding carboxylic acids is 1. The molecule has 0 aliphatic carbocycles. The molecular formula is C15H20N4OS. The molecule has 5 nitrogen and oxygen atoms in total. The predicted molar refractivity (Wildman–Crippen MR) is 85.5 cm³/mol. The fourth-order valence-corrected chi connectivity index (χ4v) is 3.63. The van der Waals surface area contributed by atoms with E-state index in [1.54, 1.807) is 11.3 Å². The Kier molecular flexibility index (Phi) is 4.05. The van der Waals surface area contributed by atoms with Gasteiger partial charge in [-0.2, -0.15) is 0 Å². The number of piperidine rings is 1. The standard InChI is InChI=1S/C15H20N4OS/c1-10-5-3-4-7-19(10)15(20)11(2)18-14-13-12(6-8-21-13)16-9-17-14/h6,8-11H,3-5,7H2,1-2H3,(H,16,17,18)/t10-,11+/m1/s1. The summed E-state index contributed by atoms with van der Waals surface area (Å²) in [5, 5.41) is 5.25. The molecule has 0 spiro atoms. The first-order valence-electron chi connectivity index (χ1n) is 7.42. The molecule has 0 aromatic carbocycles. The van der Waals surface area contributed by atoms with Crippen LogP contribution in [0.4, 0.5) is 5.82 Å². The number of aromatic nitrogens is 2. The van der Waals surface area contributed by atoms with Gasteiger partial charge in [-0.1, -0.05) is 0 Å². The SMILES string of the molecule is C[C@H](Nc1ncnc2ccsc12)C(=O)N1CCCC[C@H]1C. The van der Waals surface area contributed by atoms with Gasteiger partial charge >= 0.3 is 0 Å². The number of fused-ring (bicyclic) bond motifs is 1. The smallest absolute Gasteiger partial charge is 0.245 e. The molecule has 3 heterocycles. The Morgan fingerprint density at radius 3 is 3.14 bits per heavy atom. The summed E-state index contributed by atoms with van der Waals surface area (Å²) >= 11 is 1.59. The average Bonchev–Trinajstić information content (AvgIpc) is 2.96. The number of thiophene rings is 1. The van der Waals surface area contributed by atoms with Gasteiger partial charge in [-0.3, -0.25) is 4.79 Å². The van der Waals surface area contributed by atoms with Crippen molar-refractivity contribution in [3.8, 4) is 0 Å². The molecule has 1 N–H and O–H groups in total. The third-order valence-electron chi connectivity index (χ3n) is 4.05. The Morgan fingerprint density at radius 1 is 1.48 bits per heavy atom. The van der Waals surface area contributed by atoms with Gasteiger partial charge in [0.2, 0.25) is 5.91 Å². The van der Waals surface area contributed by atoms with Gasteiger partial charge in [-0.15, -0.1) is 11.3 Å². The van der Waals surface area contributed by atoms with E-state index in [2.05, 4.69) is 22.2 Å². The highest BCUT2D eigenvalue weighted by molar-refractivity contribution is 7.17. The lowest BCUT2D eigenvalue weighted by atomic mass is 10.0. The van der Waals surface area contributed by atoms with Crippen molar-refractivity contribution in [2.24, 2.45) is 0 Å². The molecule has 0 saturated carbocycles. The molecule has 1 saturated heterocycles. The number of hydrogen-bond acceptors (Lipinski definition) is 5. The first-order valence-corrected chi connectivity index (χ1v) is 8.30. The van der Waals surface area contributed by atoms with Crippen molar-refractivity contribution >= 4 is 33.3 Å². The normalized spacial score (nSPS) is 20.5. The molecule has 2 aromatic rings. The number of hydrogen-bond donors (Lipinski definition) is 1. The Balaban J connectivity index is 1.75. The van der Waals surface area contributed by atoms with Crippen LogP contribution >= 0.6 is 11.3 Å². The van der Waals surface area contributed by atoms with Crippen LogP contribution in [0.1, 0.15) is 33.1 Å². The summed E-state index contributed by atoms with van der Waals surface area (Å²) in [6, 6.07) is 2.03. The highest BCUT2D eigenvalue weighted by atomic mass is 32.1. The number of rotatable bonds is 3.